The molecule has 0 spiro atoms. The number of halogens is 1. The van der Waals surface area contributed by atoms with Crippen molar-refractivity contribution in [1.82, 2.24) is 10.2 Å². The van der Waals surface area contributed by atoms with Crippen molar-refractivity contribution < 1.29 is 0 Å². The summed E-state index contributed by atoms with van der Waals surface area (Å²) in [6.45, 7) is 1.23. The molecule has 0 saturated carbocycles. The molecule has 0 radical (unpaired) electrons. The van der Waals surface area contributed by atoms with Gasteiger partial charge < -0.3 is 5.32 Å². The Balaban J connectivity index is 1.58. The SMILES string of the molecule is CNC1CC2CCC(C1)N2CCc1ccc(Br)cc1. The van der Waals surface area contributed by atoms with E-state index in [1.807, 2.05) is 0 Å². The minimum Gasteiger partial charge on any atom is -0.317 e. The van der Waals surface area contributed by atoms with Crippen LogP contribution in [0.25, 0.3) is 0 Å². The fraction of sp³-hybridized carbons (Fsp3) is 0.625. The highest BCUT2D eigenvalue weighted by molar-refractivity contribution is 9.10. The molecule has 2 unspecified atom stereocenters. The minimum atomic E-state index is 0.751. The molecule has 1 aromatic rings. The van der Waals surface area contributed by atoms with Crippen LogP contribution in [0, 0.1) is 0 Å². The molecule has 104 valence electrons. The molecule has 0 amide bonds. The predicted octanol–water partition coefficient (Wildman–Crippen LogP) is 3.21. The van der Waals surface area contributed by atoms with E-state index < -0.39 is 0 Å². The van der Waals surface area contributed by atoms with Gasteiger partial charge in [-0.25, -0.2) is 0 Å². The summed E-state index contributed by atoms with van der Waals surface area (Å²) in [7, 11) is 2.11. The zero-order valence-electron chi connectivity index (χ0n) is 11.6. The fourth-order valence-electron chi connectivity index (χ4n) is 3.78. The molecule has 0 aliphatic carbocycles. The molecule has 1 N–H and O–H groups in total. The van der Waals surface area contributed by atoms with Crippen LogP contribution in [0.5, 0.6) is 0 Å². The van der Waals surface area contributed by atoms with Gasteiger partial charge in [0.05, 0.1) is 0 Å². The third-order valence-electron chi connectivity index (χ3n) is 4.86. The molecule has 2 aliphatic heterocycles. The van der Waals surface area contributed by atoms with E-state index in [4.69, 9.17) is 0 Å². The van der Waals surface area contributed by atoms with Crippen molar-refractivity contribution in [2.24, 2.45) is 0 Å². The summed E-state index contributed by atoms with van der Waals surface area (Å²) in [5, 5.41) is 3.47. The highest BCUT2D eigenvalue weighted by Crippen LogP contribution is 2.35. The quantitative estimate of drug-likeness (QED) is 0.915. The lowest BCUT2D eigenvalue weighted by Gasteiger charge is -2.39. The van der Waals surface area contributed by atoms with E-state index in [1.165, 1.54) is 48.7 Å². The third kappa shape index (κ3) is 3.04. The van der Waals surface area contributed by atoms with Crippen LogP contribution in [-0.2, 0) is 6.42 Å². The molecule has 2 bridgehead atoms. The molecule has 1 aromatic carbocycles. The van der Waals surface area contributed by atoms with Crippen LogP contribution in [0.3, 0.4) is 0 Å². The Morgan fingerprint density at radius 3 is 2.37 bits per heavy atom. The van der Waals surface area contributed by atoms with E-state index in [1.54, 1.807) is 0 Å². The van der Waals surface area contributed by atoms with E-state index in [-0.39, 0.29) is 0 Å². The molecule has 19 heavy (non-hydrogen) atoms. The number of piperidine rings is 1. The molecule has 2 heterocycles. The van der Waals surface area contributed by atoms with Gasteiger partial charge in [-0.2, -0.15) is 0 Å². The molecule has 2 nitrogen and oxygen atoms in total. The molecule has 2 atom stereocenters. The number of benzene rings is 1. The number of rotatable bonds is 4. The van der Waals surface area contributed by atoms with Crippen molar-refractivity contribution in [3.63, 3.8) is 0 Å². The predicted molar refractivity (Wildman–Crippen MR) is 83.4 cm³/mol. The first-order valence-corrected chi connectivity index (χ1v) is 8.23. The second-order valence-corrected chi connectivity index (χ2v) is 6.87. The highest BCUT2D eigenvalue weighted by atomic mass is 79.9. The second kappa shape index (κ2) is 5.94. The Morgan fingerprint density at radius 1 is 1.16 bits per heavy atom. The molecule has 2 aliphatic rings. The maximum Gasteiger partial charge on any atom is 0.0175 e. The molecule has 3 heteroatoms. The monoisotopic (exact) mass is 322 g/mol. The van der Waals surface area contributed by atoms with Gasteiger partial charge in [-0.05, 0) is 56.8 Å². The van der Waals surface area contributed by atoms with Crippen molar-refractivity contribution >= 4 is 15.9 Å². The van der Waals surface area contributed by atoms with Crippen LogP contribution in [0.4, 0.5) is 0 Å². The van der Waals surface area contributed by atoms with Crippen LogP contribution in [0.2, 0.25) is 0 Å². The van der Waals surface area contributed by atoms with E-state index >= 15 is 0 Å². The molecule has 0 aromatic heterocycles. The number of hydrogen-bond donors (Lipinski definition) is 1. The van der Waals surface area contributed by atoms with Crippen molar-refractivity contribution in [3.8, 4) is 0 Å². The van der Waals surface area contributed by atoms with Crippen LogP contribution in [0.1, 0.15) is 31.2 Å². The Labute approximate surface area is 124 Å². The van der Waals surface area contributed by atoms with Gasteiger partial charge in [-0.1, -0.05) is 28.1 Å². The average Bonchev–Trinajstić information content (AvgIpc) is 2.67. The zero-order valence-corrected chi connectivity index (χ0v) is 13.2. The lowest BCUT2D eigenvalue weighted by atomic mass is 9.97. The van der Waals surface area contributed by atoms with Gasteiger partial charge in [0.2, 0.25) is 0 Å². The molecule has 2 fully saturated rings. The molecule has 3 rings (SSSR count). The summed E-state index contributed by atoms with van der Waals surface area (Å²) >= 11 is 3.50. The van der Waals surface area contributed by atoms with Crippen LogP contribution in [-0.4, -0.2) is 36.6 Å². The van der Waals surface area contributed by atoms with Crippen molar-refractivity contribution in [3.05, 3.63) is 34.3 Å². The zero-order chi connectivity index (χ0) is 13.2. The van der Waals surface area contributed by atoms with Gasteiger partial charge in [0.15, 0.2) is 0 Å². The normalized spacial score (nSPS) is 30.7. The van der Waals surface area contributed by atoms with Crippen LogP contribution >= 0.6 is 15.9 Å². The molecule has 2 saturated heterocycles. The molecular formula is C16H23BrN2. The Morgan fingerprint density at radius 2 is 1.79 bits per heavy atom. The number of nitrogens with zero attached hydrogens (tertiary/aromatic N) is 1. The van der Waals surface area contributed by atoms with E-state index in [0.717, 1.165) is 18.1 Å². The Kier molecular flexibility index (Phi) is 4.25. The second-order valence-electron chi connectivity index (χ2n) is 5.96. The maximum atomic E-state index is 3.50. The van der Waals surface area contributed by atoms with Gasteiger partial charge in [0.1, 0.15) is 0 Å². The van der Waals surface area contributed by atoms with Crippen LogP contribution in [0.15, 0.2) is 28.7 Å². The lowest BCUT2D eigenvalue weighted by Crippen LogP contribution is -2.48. The van der Waals surface area contributed by atoms with Gasteiger partial charge >= 0.3 is 0 Å². The first-order chi connectivity index (χ1) is 9.26. The van der Waals surface area contributed by atoms with E-state index in [2.05, 4.69) is 57.5 Å². The average molecular weight is 323 g/mol. The van der Waals surface area contributed by atoms with Gasteiger partial charge in [0.25, 0.3) is 0 Å². The topological polar surface area (TPSA) is 15.3 Å². The van der Waals surface area contributed by atoms with Crippen molar-refractivity contribution in [1.29, 1.82) is 0 Å². The number of hydrogen-bond acceptors (Lipinski definition) is 2. The van der Waals surface area contributed by atoms with E-state index in [9.17, 15) is 0 Å². The van der Waals surface area contributed by atoms with Crippen molar-refractivity contribution in [2.45, 2.75) is 50.2 Å². The first kappa shape index (κ1) is 13.6. The Hall–Kier alpha value is -0.380. The fourth-order valence-corrected chi connectivity index (χ4v) is 4.05. The molecular weight excluding hydrogens is 300 g/mol. The number of nitrogens with one attached hydrogen (secondary N) is 1. The van der Waals surface area contributed by atoms with Gasteiger partial charge in [-0.3, -0.25) is 4.90 Å². The summed E-state index contributed by atoms with van der Waals surface area (Å²) in [4.78, 5) is 2.77. The summed E-state index contributed by atoms with van der Waals surface area (Å²) in [5.74, 6) is 0. The maximum absolute atomic E-state index is 3.50. The van der Waals surface area contributed by atoms with Gasteiger partial charge in [-0.15, -0.1) is 0 Å². The summed E-state index contributed by atoms with van der Waals surface area (Å²) in [5.41, 5.74) is 1.46. The third-order valence-corrected chi connectivity index (χ3v) is 5.39. The van der Waals surface area contributed by atoms with Crippen LogP contribution < -0.4 is 5.32 Å². The first-order valence-electron chi connectivity index (χ1n) is 7.43. The number of fused-ring (bicyclic) bond motifs is 2. The summed E-state index contributed by atoms with van der Waals surface area (Å²) in [6.07, 6.45) is 6.68. The van der Waals surface area contributed by atoms with Crippen molar-refractivity contribution in [2.75, 3.05) is 13.6 Å². The largest absolute Gasteiger partial charge is 0.317 e. The summed E-state index contributed by atoms with van der Waals surface area (Å²) in [6, 6.07) is 11.2. The standard InChI is InChI=1S/C16H23BrN2/c1-18-14-10-15-6-7-16(11-14)19(15)9-8-12-2-4-13(17)5-3-12/h2-5,14-16,18H,6-11H2,1H3. The summed E-state index contributed by atoms with van der Waals surface area (Å²) < 4.78 is 1.17. The minimum absolute atomic E-state index is 0.751. The van der Waals surface area contributed by atoms with E-state index in [0.29, 0.717) is 0 Å². The smallest absolute Gasteiger partial charge is 0.0175 e. The Bertz CT molecular complexity index is 403. The van der Waals surface area contributed by atoms with Gasteiger partial charge in [0, 0.05) is 29.1 Å². The lowest BCUT2D eigenvalue weighted by molar-refractivity contribution is 0.121. The highest BCUT2D eigenvalue weighted by Gasteiger charge is 2.39.